The van der Waals surface area contributed by atoms with E-state index in [4.69, 9.17) is 9.84 Å². The third-order valence-electron chi connectivity index (χ3n) is 3.34. The third kappa shape index (κ3) is 5.27. The number of carboxylic acid groups (broad SMARTS) is 1. The predicted octanol–water partition coefficient (Wildman–Crippen LogP) is 3.73. The van der Waals surface area contributed by atoms with Gasteiger partial charge in [-0.3, -0.25) is 0 Å². The molecular formula is C19H23N3O4. The predicted molar refractivity (Wildman–Crippen MR) is 97.3 cm³/mol. The van der Waals surface area contributed by atoms with Gasteiger partial charge in [0.2, 0.25) is 5.95 Å². The molecule has 1 N–H and O–H groups in total. The molecule has 1 heterocycles. The Bertz CT molecular complexity index is 808. The van der Waals surface area contributed by atoms with Gasteiger partial charge in [-0.2, -0.15) is 0 Å². The van der Waals surface area contributed by atoms with Crippen LogP contribution >= 0.6 is 0 Å². The number of anilines is 1. The van der Waals surface area contributed by atoms with E-state index in [-0.39, 0.29) is 18.1 Å². The van der Waals surface area contributed by atoms with E-state index in [1.54, 1.807) is 32.9 Å². The van der Waals surface area contributed by atoms with Crippen LogP contribution in [0.1, 0.15) is 48.1 Å². The molecule has 138 valence electrons. The lowest BCUT2D eigenvalue weighted by Gasteiger charge is -2.26. The van der Waals surface area contributed by atoms with Crippen molar-refractivity contribution in [3.05, 3.63) is 52.8 Å². The Morgan fingerprint density at radius 2 is 1.73 bits per heavy atom. The molecule has 0 saturated heterocycles. The Hall–Kier alpha value is -2.96. The molecule has 2 rings (SSSR count). The van der Waals surface area contributed by atoms with E-state index >= 15 is 0 Å². The first-order valence-electron chi connectivity index (χ1n) is 8.20. The number of aryl methyl sites for hydroxylation is 2. The van der Waals surface area contributed by atoms with Crippen LogP contribution in [0.4, 0.5) is 10.7 Å². The number of nitrogens with zero attached hydrogens (tertiary/aromatic N) is 3. The van der Waals surface area contributed by atoms with Crippen LogP contribution in [0.3, 0.4) is 0 Å². The third-order valence-corrected chi connectivity index (χ3v) is 3.34. The molecule has 0 radical (unpaired) electrons. The quantitative estimate of drug-likeness (QED) is 0.896. The number of rotatable bonds is 4. The zero-order chi connectivity index (χ0) is 19.5. The Labute approximate surface area is 152 Å². The minimum Gasteiger partial charge on any atom is -0.478 e. The molecule has 1 amide bonds. The van der Waals surface area contributed by atoms with Crippen molar-refractivity contribution in [2.24, 2.45) is 0 Å². The summed E-state index contributed by atoms with van der Waals surface area (Å²) in [4.78, 5) is 33.9. The Balaban J connectivity index is 2.41. The highest BCUT2D eigenvalue weighted by Crippen LogP contribution is 2.19. The van der Waals surface area contributed by atoms with Crippen LogP contribution in [0.5, 0.6) is 0 Å². The maximum atomic E-state index is 12.7. The maximum Gasteiger partial charge on any atom is 0.417 e. The molecule has 2 aromatic rings. The molecule has 0 aliphatic heterocycles. The highest BCUT2D eigenvalue weighted by Gasteiger charge is 2.26. The van der Waals surface area contributed by atoms with Gasteiger partial charge in [0.05, 0.1) is 12.1 Å². The van der Waals surface area contributed by atoms with Gasteiger partial charge in [0.1, 0.15) is 5.60 Å². The highest BCUT2D eigenvalue weighted by molar-refractivity contribution is 5.88. The number of aromatic nitrogens is 2. The maximum absolute atomic E-state index is 12.7. The average molecular weight is 357 g/mol. The molecule has 0 atom stereocenters. The lowest BCUT2D eigenvalue weighted by Crippen LogP contribution is -2.37. The second-order valence-electron chi connectivity index (χ2n) is 7.02. The van der Waals surface area contributed by atoms with Gasteiger partial charge < -0.3 is 9.84 Å². The lowest BCUT2D eigenvalue weighted by molar-refractivity contribution is 0.0574. The molecular weight excluding hydrogens is 334 g/mol. The van der Waals surface area contributed by atoms with Gasteiger partial charge >= 0.3 is 12.1 Å². The van der Waals surface area contributed by atoms with Crippen LogP contribution < -0.4 is 4.90 Å². The molecule has 7 nitrogen and oxygen atoms in total. The van der Waals surface area contributed by atoms with Crippen molar-refractivity contribution >= 4 is 18.0 Å². The molecule has 0 aliphatic rings. The minimum atomic E-state index is -1.03. The molecule has 0 fully saturated rings. The van der Waals surface area contributed by atoms with E-state index < -0.39 is 17.7 Å². The van der Waals surface area contributed by atoms with Crippen LogP contribution in [0.25, 0.3) is 0 Å². The van der Waals surface area contributed by atoms with Crippen molar-refractivity contribution in [3.8, 4) is 0 Å². The van der Waals surface area contributed by atoms with Gasteiger partial charge in [-0.25, -0.2) is 24.5 Å². The zero-order valence-corrected chi connectivity index (χ0v) is 15.6. The fourth-order valence-electron chi connectivity index (χ4n) is 2.35. The topological polar surface area (TPSA) is 92.6 Å². The fraction of sp³-hybridized carbons (Fsp3) is 0.368. The highest BCUT2D eigenvalue weighted by atomic mass is 16.6. The van der Waals surface area contributed by atoms with Crippen molar-refractivity contribution in [2.75, 3.05) is 4.90 Å². The average Bonchev–Trinajstić information content (AvgIpc) is 2.50. The van der Waals surface area contributed by atoms with Gasteiger partial charge in [-0.1, -0.05) is 12.1 Å². The van der Waals surface area contributed by atoms with Crippen LogP contribution in [0.15, 0.2) is 30.3 Å². The van der Waals surface area contributed by atoms with E-state index in [9.17, 15) is 9.59 Å². The Morgan fingerprint density at radius 1 is 1.12 bits per heavy atom. The van der Waals surface area contributed by atoms with Gasteiger partial charge in [0, 0.05) is 11.4 Å². The van der Waals surface area contributed by atoms with Gasteiger partial charge in [0.15, 0.2) is 0 Å². The number of carbonyl (C=O) groups excluding carboxylic acids is 1. The second kappa shape index (κ2) is 7.51. The first-order valence-corrected chi connectivity index (χ1v) is 8.20. The van der Waals surface area contributed by atoms with Crippen LogP contribution in [0.2, 0.25) is 0 Å². The number of aromatic carboxylic acids is 1. The van der Waals surface area contributed by atoms with E-state index in [0.29, 0.717) is 5.56 Å². The molecule has 1 aromatic heterocycles. The molecule has 0 saturated carbocycles. The standard InChI is InChI=1S/C19H23N3O4/c1-12-9-13(2)21-17(20-12)22(18(25)26-19(3,4)5)11-14-7-6-8-15(10-14)16(23)24/h6-10H,11H2,1-5H3,(H,23,24). The first kappa shape index (κ1) is 19.4. The monoisotopic (exact) mass is 357 g/mol. The largest absolute Gasteiger partial charge is 0.478 e. The summed E-state index contributed by atoms with van der Waals surface area (Å²) >= 11 is 0. The molecule has 0 aliphatic carbocycles. The molecule has 0 spiro atoms. The Morgan fingerprint density at radius 3 is 2.27 bits per heavy atom. The fourth-order valence-corrected chi connectivity index (χ4v) is 2.35. The molecule has 0 bridgehead atoms. The minimum absolute atomic E-state index is 0.0962. The van der Waals surface area contributed by atoms with Crippen molar-refractivity contribution in [2.45, 2.75) is 46.8 Å². The zero-order valence-electron chi connectivity index (χ0n) is 15.6. The Kier molecular flexibility index (Phi) is 5.59. The molecule has 7 heteroatoms. The van der Waals surface area contributed by atoms with E-state index in [1.165, 1.54) is 17.0 Å². The molecule has 26 heavy (non-hydrogen) atoms. The molecule has 1 aromatic carbocycles. The normalized spacial score (nSPS) is 11.1. The van der Waals surface area contributed by atoms with Crippen LogP contribution in [0, 0.1) is 13.8 Å². The van der Waals surface area contributed by atoms with Crippen LogP contribution in [-0.2, 0) is 11.3 Å². The SMILES string of the molecule is Cc1cc(C)nc(N(Cc2cccc(C(=O)O)c2)C(=O)OC(C)(C)C)n1. The van der Waals surface area contributed by atoms with Gasteiger partial charge in [0.25, 0.3) is 0 Å². The summed E-state index contributed by atoms with van der Waals surface area (Å²) < 4.78 is 5.47. The summed E-state index contributed by atoms with van der Waals surface area (Å²) in [6.45, 7) is 9.05. The summed E-state index contributed by atoms with van der Waals surface area (Å²) in [6.07, 6.45) is -0.594. The van der Waals surface area contributed by atoms with Crippen molar-refractivity contribution in [1.29, 1.82) is 0 Å². The van der Waals surface area contributed by atoms with Gasteiger partial charge in [-0.05, 0) is 58.4 Å². The summed E-state index contributed by atoms with van der Waals surface area (Å²) in [6, 6.07) is 8.20. The summed E-state index contributed by atoms with van der Waals surface area (Å²) in [7, 11) is 0. The number of carbonyl (C=O) groups is 2. The smallest absolute Gasteiger partial charge is 0.417 e. The lowest BCUT2D eigenvalue weighted by atomic mass is 10.1. The van der Waals surface area contributed by atoms with Crippen molar-refractivity contribution < 1.29 is 19.4 Å². The number of carboxylic acids is 1. The number of hydrogen-bond donors (Lipinski definition) is 1. The second-order valence-corrected chi connectivity index (χ2v) is 7.02. The van der Waals surface area contributed by atoms with E-state index in [2.05, 4.69) is 9.97 Å². The van der Waals surface area contributed by atoms with Crippen molar-refractivity contribution in [3.63, 3.8) is 0 Å². The number of hydrogen-bond acceptors (Lipinski definition) is 5. The molecule has 0 unspecified atom stereocenters. The number of amides is 1. The summed E-state index contributed by atoms with van der Waals surface area (Å²) in [5.41, 5.74) is 1.55. The summed E-state index contributed by atoms with van der Waals surface area (Å²) in [5, 5.41) is 9.17. The van der Waals surface area contributed by atoms with E-state index in [0.717, 1.165) is 11.4 Å². The summed E-state index contributed by atoms with van der Waals surface area (Å²) in [5.74, 6) is -0.809. The van der Waals surface area contributed by atoms with Crippen molar-refractivity contribution in [1.82, 2.24) is 9.97 Å². The van der Waals surface area contributed by atoms with E-state index in [1.807, 2.05) is 19.9 Å². The number of benzene rings is 1. The van der Waals surface area contributed by atoms with Gasteiger partial charge in [-0.15, -0.1) is 0 Å². The first-order chi connectivity index (χ1) is 12.0. The number of ether oxygens (including phenoxy) is 1. The van der Waals surface area contributed by atoms with Crippen LogP contribution in [-0.4, -0.2) is 32.7 Å².